The van der Waals surface area contributed by atoms with E-state index in [0.717, 1.165) is 0 Å². The fourth-order valence-electron chi connectivity index (χ4n) is 0.425. The fourth-order valence-corrected chi connectivity index (χ4v) is 34.4. The van der Waals surface area contributed by atoms with Crippen LogP contribution in [0.5, 0.6) is 0 Å². The molecule has 0 aliphatic carbocycles. The topological polar surface area (TPSA) is 0 Å². The number of hydrogen-bond donors (Lipinski definition) is 0. The van der Waals surface area contributed by atoms with E-state index in [1.807, 2.05) is 0 Å². The molecule has 10 heavy (non-hydrogen) atoms. The van der Waals surface area contributed by atoms with Crippen LogP contribution in [0.2, 0.25) is 19.6 Å². The van der Waals surface area contributed by atoms with Crippen molar-refractivity contribution in [3.05, 3.63) is 10.6 Å². The second kappa shape index (κ2) is 3.77. The van der Waals surface area contributed by atoms with Gasteiger partial charge in [0.1, 0.15) is 0 Å². The molecule has 5 heteroatoms. The van der Waals surface area contributed by atoms with Crippen LogP contribution in [0.15, 0.2) is 10.6 Å². The SMILES string of the molecule is C=[C]([Si](C)(C)C)[Ge]([Br])([Br])[Br]. The standard InChI is InChI=1S/C5H11Br3GeSi/c1-5(9(6,7)8)10(2,3)4/h1H2,2-4H3. The van der Waals surface area contributed by atoms with E-state index in [0.29, 0.717) is 0 Å². The molecule has 0 radical (unpaired) electrons. The van der Waals surface area contributed by atoms with E-state index in [1.165, 1.54) is 4.03 Å². The summed E-state index contributed by atoms with van der Waals surface area (Å²) in [5.41, 5.74) is 0. The second-order valence-electron chi connectivity index (χ2n) is 3.23. The van der Waals surface area contributed by atoms with Crippen LogP contribution in [0.3, 0.4) is 0 Å². The molecule has 0 bridgehead atoms. The Balaban J connectivity index is 4.40. The molecule has 0 aliphatic rings. The first kappa shape index (κ1) is 11.9. The Morgan fingerprint density at radius 3 is 1.50 bits per heavy atom. The van der Waals surface area contributed by atoms with Crippen molar-refractivity contribution in [3.63, 3.8) is 0 Å². The van der Waals surface area contributed by atoms with Crippen LogP contribution in [0.1, 0.15) is 0 Å². The van der Waals surface area contributed by atoms with Gasteiger partial charge in [0.25, 0.3) is 0 Å². The van der Waals surface area contributed by atoms with Crippen molar-refractivity contribution in [1.29, 1.82) is 0 Å². The van der Waals surface area contributed by atoms with Gasteiger partial charge in [0.05, 0.1) is 0 Å². The summed E-state index contributed by atoms with van der Waals surface area (Å²) in [7, 11) is -3.21. The van der Waals surface area contributed by atoms with Crippen LogP contribution in [-0.2, 0) is 0 Å². The van der Waals surface area contributed by atoms with Gasteiger partial charge in [-0.1, -0.05) is 0 Å². The van der Waals surface area contributed by atoms with Crippen LogP contribution >= 0.6 is 42.0 Å². The molecule has 0 saturated carbocycles. The number of hydrogen-bond acceptors (Lipinski definition) is 0. The van der Waals surface area contributed by atoms with E-state index in [1.54, 1.807) is 0 Å². The molecule has 0 rings (SSSR count). The van der Waals surface area contributed by atoms with Gasteiger partial charge in [-0.25, -0.2) is 0 Å². The van der Waals surface area contributed by atoms with Crippen LogP contribution in [0.4, 0.5) is 0 Å². The molecule has 0 fully saturated rings. The van der Waals surface area contributed by atoms with Crippen molar-refractivity contribution in [2.24, 2.45) is 0 Å². The first-order chi connectivity index (χ1) is 4.15. The van der Waals surface area contributed by atoms with E-state index in [2.05, 4.69) is 68.2 Å². The average Bonchev–Trinajstić information content (AvgIpc) is 1.59. The molecular formula is C5H11Br3GeSi. The summed E-state index contributed by atoms with van der Waals surface area (Å²) >= 11 is 10.9. The first-order valence-corrected chi connectivity index (χ1v) is 22.2. The molecule has 0 heterocycles. The van der Waals surface area contributed by atoms with Crippen molar-refractivity contribution < 1.29 is 0 Å². The zero-order chi connectivity index (χ0) is 8.58. The van der Waals surface area contributed by atoms with Gasteiger partial charge in [-0.3, -0.25) is 0 Å². The fraction of sp³-hybridized carbons (Fsp3) is 0.600. The van der Waals surface area contributed by atoms with E-state index in [4.69, 9.17) is 0 Å². The molecule has 0 unspecified atom stereocenters. The van der Waals surface area contributed by atoms with Crippen LogP contribution < -0.4 is 0 Å². The molecule has 0 spiro atoms. The van der Waals surface area contributed by atoms with Crippen molar-refractivity contribution in [3.8, 4) is 0 Å². The van der Waals surface area contributed by atoms with Gasteiger partial charge in [-0.05, 0) is 0 Å². The zero-order valence-electron chi connectivity index (χ0n) is 6.34. The third-order valence-corrected chi connectivity index (χ3v) is 24.3. The Hall–Kier alpha value is 1.94. The molecule has 0 aromatic rings. The summed E-state index contributed by atoms with van der Waals surface area (Å²) in [6, 6.07) is 0. The molecule has 0 nitrogen and oxygen atoms in total. The normalized spacial score (nSPS) is 13.4. The Morgan fingerprint density at radius 1 is 1.20 bits per heavy atom. The Morgan fingerprint density at radius 2 is 1.50 bits per heavy atom. The van der Waals surface area contributed by atoms with Gasteiger partial charge in [0.15, 0.2) is 0 Å². The summed E-state index contributed by atoms with van der Waals surface area (Å²) in [6.45, 7) is 11.0. The van der Waals surface area contributed by atoms with Gasteiger partial charge < -0.3 is 0 Å². The van der Waals surface area contributed by atoms with Gasteiger partial charge in [0.2, 0.25) is 0 Å². The van der Waals surface area contributed by atoms with Gasteiger partial charge >= 0.3 is 88.1 Å². The Bertz CT molecular complexity index is 128. The number of rotatable bonds is 2. The summed E-state index contributed by atoms with van der Waals surface area (Å²) in [5.74, 6) is 0. The first-order valence-electron chi connectivity index (χ1n) is 2.92. The van der Waals surface area contributed by atoms with E-state index in [-0.39, 0.29) is 0 Å². The average molecular weight is 412 g/mol. The van der Waals surface area contributed by atoms with Crippen molar-refractivity contribution in [2.45, 2.75) is 19.6 Å². The van der Waals surface area contributed by atoms with E-state index in [9.17, 15) is 0 Å². The van der Waals surface area contributed by atoms with Crippen molar-refractivity contribution >= 4 is 57.8 Å². The zero-order valence-corrected chi connectivity index (χ0v) is 14.2. The van der Waals surface area contributed by atoms with Crippen molar-refractivity contribution in [2.75, 3.05) is 0 Å². The minimum atomic E-state index is -2.06. The molecule has 0 N–H and O–H groups in total. The Kier molecular flexibility index (Phi) is 4.50. The van der Waals surface area contributed by atoms with Gasteiger partial charge in [-0.15, -0.1) is 0 Å². The third kappa shape index (κ3) is 4.09. The van der Waals surface area contributed by atoms with Crippen LogP contribution in [0.25, 0.3) is 0 Å². The molecule has 60 valence electrons. The van der Waals surface area contributed by atoms with Crippen LogP contribution in [0, 0.1) is 0 Å². The molecule has 0 aromatic carbocycles. The maximum absolute atomic E-state index is 4.10. The molecule has 0 atom stereocenters. The van der Waals surface area contributed by atoms with Gasteiger partial charge in [0, 0.05) is 0 Å². The van der Waals surface area contributed by atoms with Crippen LogP contribution in [-0.4, -0.2) is 15.8 Å². The van der Waals surface area contributed by atoms with Crippen molar-refractivity contribution in [1.82, 2.24) is 0 Å². The molecule has 0 saturated heterocycles. The predicted molar refractivity (Wildman–Crippen MR) is 65.0 cm³/mol. The summed E-state index contributed by atoms with van der Waals surface area (Å²) in [4.78, 5) is 0. The Labute approximate surface area is 87.1 Å². The molecular weight excluding hydrogens is 400 g/mol. The third-order valence-electron chi connectivity index (χ3n) is 1.25. The van der Waals surface area contributed by atoms with E-state index >= 15 is 0 Å². The van der Waals surface area contributed by atoms with E-state index < -0.39 is 15.8 Å². The molecule has 0 amide bonds. The quantitative estimate of drug-likeness (QED) is 0.601. The monoisotopic (exact) mass is 410 g/mol. The summed E-state index contributed by atoms with van der Waals surface area (Å²) < 4.78 is 1.40. The second-order valence-corrected chi connectivity index (χ2v) is 47.9. The van der Waals surface area contributed by atoms with Gasteiger partial charge in [-0.2, -0.15) is 0 Å². The molecule has 0 aromatic heterocycles. The summed E-state index contributed by atoms with van der Waals surface area (Å²) in [6.07, 6.45) is 0. The minimum absolute atomic E-state index is 1.15. The maximum atomic E-state index is 4.10. The predicted octanol–water partition coefficient (Wildman–Crippen LogP) is 4.08. The number of halogens is 3. The summed E-state index contributed by atoms with van der Waals surface area (Å²) in [5, 5.41) is 0. The molecule has 0 aliphatic heterocycles.